The minimum absolute atomic E-state index is 0.0599. The van der Waals surface area contributed by atoms with E-state index in [-0.39, 0.29) is 57.4 Å². The number of fused-ring (bicyclic) bond motifs is 5. The summed E-state index contributed by atoms with van der Waals surface area (Å²) in [6.45, 7) is 0.537. The molecule has 0 saturated carbocycles. The Hall–Kier alpha value is -4.43. The quantitative estimate of drug-likeness (QED) is 0.320. The van der Waals surface area contributed by atoms with Crippen molar-refractivity contribution in [3.63, 3.8) is 0 Å². The van der Waals surface area contributed by atoms with Crippen LogP contribution in [0, 0.1) is 0 Å². The molecule has 3 fully saturated rings. The van der Waals surface area contributed by atoms with E-state index in [2.05, 4.69) is 20.9 Å². The summed E-state index contributed by atoms with van der Waals surface area (Å²) in [6, 6.07) is 2.89. The molecule has 0 unspecified atom stereocenters. The van der Waals surface area contributed by atoms with E-state index >= 15 is 0 Å². The van der Waals surface area contributed by atoms with Crippen LogP contribution in [0.5, 0.6) is 0 Å². The Morgan fingerprint density at radius 3 is 1.67 bits per heavy atom. The van der Waals surface area contributed by atoms with Gasteiger partial charge in [-0.15, -0.1) is 11.3 Å². The Morgan fingerprint density at radius 2 is 1.12 bits per heavy atom. The van der Waals surface area contributed by atoms with Gasteiger partial charge < -0.3 is 30.7 Å². The predicted octanol–water partition coefficient (Wildman–Crippen LogP) is -0.0177. The third-order valence-electron chi connectivity index (χ3n) is 10.9. The summed E-state index contributed by atoms with van der Waals surface area (Å²) in [7, 11) is -7.15. The molecule has 4 aliphatic heterocycles. The number of rotatable bonds is 8. The third-order valence-corrected chi connectivity index (χ3v) is 13.8. The summed E-state index contributed by atoms with van der Waals surface area (Å²) in [4.78, 5) is 93.2. The van der Waals surface area contributed by atoms with Crippen molar-refractivity contribution in [1.29, 1.82) is 0 Å². The molecule has 6 amide bonds. The average molecular weight is 848 g/mol. The minimum Gasteiger partial charge on any atom is -0.345 e. The molecule has 57 heavy (non-hydrogen) atoms. The van der Waals surface area contributed by atoms with Gasteiger partial charge in [0.15, 0.2) is 0 Å². The van der Waals surface area contributed by atoms with Crippen LogP contribution in [0.1, 0.15) is 78.5 Å². The third kappa shape index (κ3) is 10.4. The zero-order chi connectivity index (χ0) is 41.1. The van der Waals surface area contributed by atoms with Crippen molar-refractivity contribution >= 4 is 66.5 Å². The lowest BCUT2D eigenvalue weighted by Crippen LogP contribution is -2.58. The molecule has 2 bridgehead atoms. The fourth-order valence-corrected chi connectivity index (χ4v) is 10.2. The molecule has 6 atom stereocenters. The van der Waals surface area contributed by atoms with E-state index in [1.165, 1.54) is 20.1 Å². The summed E-state index contributed by atoms with van der Waals surface area (Å²) in [5, 5.41) is 10.3. The van der Waals surface area contributed by atoms with Gasteiger partial charge in [-0.2, -0.15) is 0 Å². The van der Waals surface area contributed by atoms with Gasteiger partial charge in [-0.3, -0.25) is 28.8 Å². The van der Waals surface area contributed by atoms with Gasteiger partial charge in [0.1, 0.15) is 60.6 Å². The number of carbonyl (C=O) groups excluding carboxylic acids is 6. The first-order valence-corrected chi connectivity index (χ1v) is 24.2. The van der Waals surface area contributed by atoms with E-state index in [1.54, 1.807) is 0 Å². The fraction of sp³-hybridized carbons (Fsp3) is 0.595. The van der Waals surface area contributed by atoms with Gasteiger partial charge in [0.25, 0.3) is 5.91 Å². The first-order chi connectivity index (χ1) is 27.0. The summed E-state index contributed by atoms with van der Waals surface area (Å²) < 4.78 is 49.1. The molecule has 5 heterocycles. The van der Waals surface area contributed by atoms with Crippen molar-refractivity contribution in [1.82, 2.24) is 35.6 Å². The number of sulfone groups is 2. The van der Waals surface area contributed by atoms with E-state index in [9.17, 15) is 45.6 Å². The summed E-state index contributed by atoms with van der Waals surface area (Å²) in [6.07, 6.45) is 4.00. The van der Waals surface area contributed by atoms with Crippen molar-refractivity contribution in [2.75, 3.05) is 43.7 Å². The maximum Gasteiger partial charge on any atom is 0.271 e. The Morgan fingerprint density at radius 1 is 0.649 bits per heavy atom. The average Bonchev–Trinajstić information content (AvgIpc) is 4.00. The van der Waals surface area contributed by atoms with Crippen LogP contribution in [0.25, 0.3) is 0 Å². The Bertz CT molecular complexity index is 2100. The van der Waals surface area contributed by atoms with E-state index in [4.69, 9.17) is 0 Å². The number of aromatic nitrogens is 1. The molecule has 3 saturated heterocycles. The largest absolute Gasteiger partial charge is 0.345 e. The number of carbonyl (C=O) groups is 6. The molecule has 1 aromatic heterocycles. The monoisotopic (exact) mass is 847 g/mol. The Labute approximate surface area is 336 Å². The highest BCUT2D eigenvalue weighted by atomic mass is 32.2. The van der Waals surface area contributed by atoms with Crippen molar-refractivity contribution < 1.29 is 45.6 Å². The smallest absolute Gasteiger partial charge is 0.271 e. The second kappa shape index (κ2) is 17.6. The molecule has 1 aromatic carbocycles. The number of nitrogens with one attached hydrogen (secondary N) is 3. The SMILES string of the molecule is CS(=O)(=O)CC[C@@H]1NC(=O)[C@@H]2CCCN2C(=O)[C@@H]2CCCN2C(=O)[C@H](CCS(C)(=O)=O)NC(=O)c2csc(n2)[C@H](Cc2ccccc2)NC(=O)[C@@H]2CCCN2C1=O. The summed E-state index contributed by atoms with van der Waals surface area (Å²) in [5.74, 6) is -4.50. The standard InChI is InChI=1S/C37H49N7O10S3/c1-56(51,52)19-14-24-36(49)44-18-8-13-30(44)37(50)43-17-7-12-29(43)32(46)39-25(15-20-57(2,53)54)35(48)42-16-6-11-28(42)33(47)40-26(21-23-9-4-3-5-10-23)34-41-27(22-55-34)31(45)38-24/h3-5,9-10,22,24-26,28-30H,6-8,11-21H2,1-2H3,(H,38,45)(H,39,46)(H,40,47)/t24-,25-,26-,28-,29-,30-/m0/s1. The van der Waals surface area contributed by atoms with Crippen LogP contribution in [-0.4, -0.2) is 146 Å². The number of hydrogen-bond donors (Lipinski definition) is 3. The second-order valence-electron chi connectivity index (χ2n) is 15.3. The van der Waals surface area contributed by atoms with Gasteiger partial charge in [0, 0.05) is 37.5 Å². The number of nitrogens with zero attached hydrogens (tertiary/aromatic N) is 4. The molecule has 0 aliphatic carbocycles. The molecule has 3 N–H and O–H groups in total. The van der Waals surface area contributed by atoms with Gasteiger partial charge in [-0.1, -0.05) is 30.3 Å². The lowest BCUT2D eigenvalue weighted by atomic mass is 10.1. The molecular formula is C37H49N7O10S3. The molecule has 6 rings (SSSR count). The van der Waals surface area contributed by atoms with E-state index in [1.807, 2.05) is 30.3 Å². The minimum atomic E-state index is -3.57. The number of amides is 6. The molecule has 0 radical (unpaired) electrons. The second-order valence-corrected chi connectivity index (χ2v) is 20.7. The zero-order valence-electron chi connectivity index (χ0n) is 31.9. The van der Waals surface area contributed by atoms with Crippen LogP contribution < -0.4 is 16.0 Å². The highest BCUT2D eigenvalue weighted by molar-refractivity contribution is 7.90. The lowest BCUT2D eigenvalue weighted by molar-refractivity contribution is -0.148. The van der Waals surface area contributed by atoms with Crippen molar-refractivity contribution in [2.24, 2.45) is 0 Å². The molecule has 4 aliphatic rings. The predicted molar refractivity (Wildman–Crippen MR) is 209 cm³/mol. The maximum atomic E-state index is 14.3. The van der Waals surface area contributed by atoms with Crippen molar-refractivity contribution in [3.05, 3.63) is 52.0 Å². The van der Waals surface area contributed by atoms with Gasteiger partial charge in [0.05, 0.1) is 17.5 Å². The lowest BCUT2D eigenvalue weighted by Gasteiger charge is -2.34. The summed E-state index contributed by atoms with van der Waals surface area (Å²) >= 11 is 1.10. The van der Waals surface area contributed by atoms with Crippen LogP contribution in [0.4, 0.5) is 0 Å². The first-order valence-electron chi connectivity index (χ1n) is 19.2. The van der Waals surface area contributed by atoms with Crippen LogP contribution in [0.2, 0.25) is 0 Å². The van der Waals surface area contributed by atoms with Crippen LogP contribution in [0.3, 0.4) is 0 Å². The number of benzene rings is 1. The van der Waals surface area contributed by atoms with Gasteiger partial charge in [-0.25, -0.2) is 21.8 Å². The summed E-state index contributed by atoms with van der Waals surface area (Å²) in [5.41, 5.74) is 0.787. The topological polar surface area (TPSA) is 229 Å². The Kier molecular flexibility index (Phi) is 13.0. The first kappa shape index (κ1) is 42.2. The zero-order valence-corrected chi connectivity index (χ0v) is 34.4. The fourth-order valence-electron chi connectivity index (χ4n) is 8.03. The molecule has 0 spiro atoms. The number of hydrogen-bond acceptors (Lipinski definition) is 12. The maximum absolute atomic E-state index is 14.3. The highest BCUT2D eigenvalue weighted by Gasteiger charge is 2.45. The molecular weight excluding hydrogens is 799 g/mol. The van der Waals surface area contributed by atoms with E-state index < -0.39 is 103 Å². The molecule has 2 aromatic rings. The van der Waals surface area contributed by atoms with Gasteiger partial charge >= 0.3 is 0 Å². The van der Waals surface area contributed by atoms with Crippen LogP contribution >= 0.6 is 11.3 Å². The van der Waals surface area contributed by atoms with E-state index in [0.29, 0.717) is 30.7 Å². The normalized spacial score (nSPS) is 26.9. The molecule has 20 heteroatoms. The van der Waals surface area contributed by atoms with Gasteiger partial charge in [-0.05, 0) is 63.4 Å². The van der Waals surface area contributed by atoms with Gasteiger partial charge in [0.2, 0.25) is 29.5 Å². The number of thiazole rings is 1. The highest BCUT2D eigenvalue weighted by Crippen LogP contribution is 2.29. The molecule has 310 valence electrons. The van der Waals surface area contributed by atoms with Crippen LogP contribution in [0.15, 0.2) is 35.7 Å². The van der Waals surface area contributed by atoms with Crippen LogP contribution in [-0.2, 0) is 50.1 Å². The Balaban J connectivity index is 1.39. The van der Waals surface area contributed by atoms with Crippen molar-refractivity contribution in [2.45, 2.75) is 94.0 Å². The van der Waals surface area contributed by atoms with Crippen molar-refractivity contribution in [3.8, 4) is 0 Å². The van der Waals surface area contributed by atoms with E-state index in [0.717, 1.165) is 29.4 Å². The molecule has 17 nitrogen and oxygen atoms in total.